The summed E-state index contributed by atoms with van der Waals surface area (Å²) in [6.45, 7) is 0.0394. The average molecular weight is 495 g/mol. The molecule has 0 saturated carbocycles. The summed E-state index contributed by atoms with van der Waals surface area (Å²) in [7, 11) is 0. The van der Waals surface area contributed by atoms with Gasteiger partial charge < -0.3 is 20.3 Å². The van der Waals surface area contributed by atoms with Crippen LogP contribution in [0.3, 0.4) is 0 Å². The molecule has 1 saturated heterocycles. The van der Waals surface area contributed by atoms with Gasteiger partial charge in [0.05, 0.1) is 31.6 Å². The van der Waals surface area contributed by atoms with E-state index in [0.717, 1.165) is 12.1 Å². The predicted molar refractivity (Wildman–Crippen MR) is 122 cm³/mol. The number of halogens is 3. The van der Waals surface area contributed by atoms with Crippen molar-refractivity contribution in [3.8, 4) is 17.1 Å². The van der Waals surface area contributed by atoms with Crippen LogP contribution in [0.1, 0.15) is 17.7 Å². The smallest absolute Gasteiger partial charge is 0.333 e. The number of aromatic nitrogens is 4. The molecular weight excluding hydrogens is 470 g/mol. The SMILES string of the molecule is Nc1nc(Cl)cc(-c2nn(C(F)F)cc2Cc2ccccc2OCCN2CCOC[C@@H]2CO)n1. The molecule has 0 spiro atoms. The molecule has 2 aromatic heterocycles. The van der Waals surface area contributed by atoms with Crippen LogP contribution in [0.15, 0.2) is 36.5 Å². The van der Waals surface area contributed by atoms with E-state index in [-0.39, 0.29) is 41.6 Å². The van der Waals surface area contributed by atoms with Gasteiger partial charge in [-0.2, -0.15) is 13.9 Å². The third-order valence-electron chi connectivity index (χ3n) is 5.51. The van der Waals surface area contributed by atoms with Crippen molar-refractivity contribution in [2.75, 3.05) is 45.3 Å². The van der Waals surface area contributed by atoms with Crippen LogP contribution in [0.2, 0.25) is 5.15 Å². The summed E-state index contributed by atoms with van der Waals surface area (Å²) in [4.78, 5) is 10.1. The van der Waals surface area contributed by atoms with Crippen LogP contribution in [0, 0.1) is 0 Å². The lowest BCUT2D eigenvalue weighted by molar-refractivity contribution is -0.0313. The van der Waals surface area contributed by atoms with Gasteiger partial charge in [-0.1, -0.05) is 29.8 Å². The number of rotatable bonds is 9. The van der Waals surface area contributed by atoms with Gasteiger partial charge in [-0.15, -0.1) is 0 Å². The number of hydrogen-bond acceptors (Lipinski definition) is 8. The number of hydrogen-bond donors (Lipinski definition) is 2. The number of benzene rings is 1. The first-order chi connectivity index (χ1) is 16.4. The monoisotopic (exact) mass is 494 g/mol. The Bertz CT molecular complexity index is 1100. The number of aliphatic hydroxyl groups excluding tert-OH is 1. The van der Waals surface area contributed by atoms with E-state index in [0.29, 0.717) is 42.4 Å². The molecule has 4 rings (SSSR count). The summed E-state index contributed by atoms with van der Waals surface area (Å²) in [6.07, 6.45) is 1.55. The molecule has 1 aromatic carbocycles. The van der Waals surface area contributed by atoms with Gasteiger partial charge in [0.25, 0.3) is 0 Å². The fraction of sp³-hybridized carbons (Fsp3) is 0.409. The molecule has 1 atom stereocenters. The zero-order valence-corrected chi connectivity index (χ0v) is 19.0. The van der Waals surface area contributed by atoms with Gasteiger partial charge in [0.15, 0.2) is 0 Å². The number of morpholine rings is 1. The van der Waals surface area contributed by atoms with Crippen molar-refractivity contribution < 1.29 is 23.4 Å². The van der Waals surface area contributed by atoms with Gasteiger partial charge in [0.1, 0.15) is 23.2 Å². The quantitative estimate of drug-likeness (QED) is 0.437. The Morgan fingerprint density at radius 3 is 2.85 bits per heavy atom. The molecule has 3 aromatic rings. The lowest BCUT2D eigenvalue weighted by Crippen LogP contribution is -2.48. The van der Waals surface area contributed by atoms with Gasteiger partial charge in [0.2, 0.25) is 5.95 Å². The van der Waals surface area contributed by atoms with E-state index < -0.39 is 6.55 Å². The predicted octanol–water partition coefficient (Wildman–Crippen LogP) is 2.63. The van der Waals surface area contributed by atoms with Gasteiger partial charge in [-0.3, -0.25) is 4.90 Å². The van der Waals surface area contributed by atoms with Crippen molar-refractivity contribution in [1.82, 2.24) is 24.6 Å². The largest absolute Gasteiger partial charge is 0.492 e. The van der Waals surface area contributed by atoms with Crippen LogP contribution >= 0.6 is 11.6 Å². The standard InChI is InChI=1S/C22H25ClF2N6O3/c23-19-10-17(27-22(26)28-19)20-15(11-31(29-20)21(24)25)9-14-3-1-2-4-18(14)34-8-6-30-5-7-33-13-16(30)12-32/h1-4,10-11,16,21,32H,5-9,12-13H2,(H2,26,27,28)/t16-/m0/s1. The van der Waals surface area contributed by atoms with Gasteiger partial charge in [-0.05, 0) is 11.6 Å². The number of ether oxygens (including phenoxy) is 2. The molecule has 3 N–H and O–H groups in total. The number of aliphatic hydroxyl groups is 1. The Morgan fingerprint density at radius 1 is 1.26 bits per heavy atom. The zero-order chi connectivity index (χ0) is 24.1. The van der Waals surface area contributed by atoms with Crippen LogP contribution in [0.5, 0.6) is 5.75 Å². The fourth-order valence-corrected chi connectivity index (χ4v) is 4.04. The lowest BCUT2D eigenvalue weighted by Gasteiger charge is -2.34. The van der Waals surface area contributed by atoms with Crippen LogP contribution in [-0.4, -0.2) is 75.3 Å². The third-order valence-corrected chi connectivity index (χ3v) is 5.71. The lowest BCUT2D eigenvalue weighted by atomic mass is 10.0. The van der Waals surface area contributed by atoms with E-state index in [2.05, 4.69) is 20.0 Å². The highest BCUT2D eigenvalue weighted by Gasteiger charge is 2.22. The molecule has 0 aliphatic carbocycles. The highest BCUT2D eigenvalue weighted by molar-refractivity contribution is 6.29. The number of nitrogens with zero attached hydrogens (tertiary/aromatic N) is 5. The topological polar surface area (TPSA) is 112 Å². The molecule has 0 radical (unpaired) electrons. The van der Waals surface area contributed by atoms with Crippen LogP contribution in [-0.2, 0) is 11.2 Å². The molecule has 182 valence electrons. The number of nitrogens with two attached hydrogens (primary N) is 1. The van der Waals surface area contributed by atoms with E-state index >= 15 is 0 Å². The molecule has 0 amide bonds. The van der Waals surface area contributed by atoms with E-state index in [1.807, 2.05) is 24.3 Å². The average Bonchev–Trinajstić information content (AvgIpc) is 3.24. The van der Waals surface area contributed by atoms with Crippen molar-refractivity contribution in [3.63, 3.8) is 0 Å². The Kier molecular flexibility index (Phi) is 7.88. The Hall–Kier alpha value is -2.86. The minimum Gasteiger partial charge on any atom is -0.492 e. The molecule has 0 unspecified atom stereocenters. The maximum Gasteiger partial charge on any atom is 0.333 e. The maximum absolute atomic E-state index is 13.4. The molecule has 1 fully saturated rings. The van der Waals surface area contributed by atoms with E-state index in [1.165, 1.54) is 12.3 Å². The first-order valence-corrected chi connectivity index (χ1v) is 11.1. The van der Waals surface area contributed by atoms with E-state index in [1.54, 1.807) is 0 Å². The normalized spacial score (nSPS) is 16.8. The van der Waals surface area contributed by atoms with Crippen molar-refractivity contribution in [3.05, 3.63) is 52.8 Å². The summed E-state index contributed by atoms with van der Waals surface area (Å²) in [5.41, 5.74) is 7.50. The summed E-state index contributed by atoms with van der Waals surface area (Å²) in [5, 5.41) is 13.6. The van der Waals surface area contributed by atoms with Crippen LogP contribution in [0.4, 0.5) is 14.7 Å². The first kappa shape index (κ1) is 24.3. The number of alkyl halides is 2. The summed E-state index contributed by atoms with van der Waals surface area (Å²) >= 11 is 5.99. The molecule has 1 aliphatic rings. The highest BCUT2D eigenvalue weighted by Crippen LogP contribution is 2.29. The van der Waals surface area contributed by atoms with Gasteiger partial charge in [0, 0.05) is 37.3 Å². The van der Waals surface area contributed by atoms with Crippen molar-refractivity contribution in [1.29, 1.82) is 0 Å². The molecule has 0 bridgehead atoms. The van der Waals surface area contributed by atoms with Crippen molar-refractivity contribution in [2.45, 2.75) is 19.0 Å². The number of nitrogen functional groups attached to an aromatic ring is 1. The number of anilines is 1. The van der Waals surface area contributed by atoms with E-state index in [9.17, 15) is 13.9 Å². The Balaban J connectivity index is 1.54. The molecule has 3 heterocycles. The van der Waals surface area contributed by atoms with Crippen molar-refractivity contribution in [2.24, 2.45) is 0 Å². The fourth-order valence-electron chi connectivity index (χ4n) is 3.85. The maximum atomic E-state index is 13.4. The van der Waals surface area contributed by atoms with Crippen LogP contribution in [0.25, 0.3) is 11.4 Å². The molecular formula is C22H25ClF2N6O3. The minimum atomic E-state index is -2.82. The second kappa shape index (κ2) is 11.0. The summed E-state index contributed by atoms with van der Waals surface area (Å²) in [5.74, 6) is 0.556. The number of para-hydroxylation sites is 1. The molecule has 9 nitrogen and oxygen atoms in total. The van der Waals surface area contributed by atoms with Crippen molar-refractivity contribution >= 4 is 17.5 Å². The van der Waals surface area contributed by atoms with E-state index in [4.69, 9.17) is 26.8 Å². The molecule has 1 aliphatic heterocycles. The minimum absolute atomic E-state index is 0.0189. The molecule has 12 heteroatoms. The van der Waals surface area contributed by atoms with Gasteiger partial charge in [-0.25, -0.2) is 14.6 Å². The highest BCUT2D eigenvalue weighted by atomic mass is 35.5. The molecule has 34 heavy (non-hydrogen) atoms. The summed E-state index contributed by atoms with van der Waals surface area (Å²) < 4.78 is 38.9. The van der Waals surface area contributed by atoms with Crippen LogP contribution < -0.4 is 10.5 Å². The third kappa shape index (κ3) is 5.79. The van der Waals surface area contributed by atoms with Gasteiger partial charge >= 0.3 is 6.55 Å². The zero-order valence-electron chi connectivity index (χ0n) is 18.3. The Morgan fingerprint density at radius 2 is 2.09 bits per heavy atom. The Labute approximate surface area is 200 Å². The second-order valence-electron chi connectivity index (χ2n) is 7.77. The first-order valence-electron chi connectivity index (χ1n) is 10.7. The summed E-state index contributed by atoms with van der Waals surface area (Å²) in [6, 6.07) is 8.77. The second-order valence-corrected chi connectivity index (χ2v) is 8.16.